The number of likely N-dealkylation sites (N-methyl/N-ethyl adjacent to an activating group) is 1. The molecule has 3 N–H and O–H groups in total. The molecule has 0 saturated carbocycles. The van der Waals surface area contributed by atoms with Gasteiger partial charge in [-0.25, -0.2) is 4.98 Å². The minimum absolute atomic E-state index is 0. The maximum atomic E-state index is 12.5. The molecule has 0 radical (unpaired) electrons. The third kappa shape index (κ3) is 3.82. The van der Waals surface area contributed by atoms with Crippen LogP contribution in [0.2, 0.25) is 0 Å². The fraction of sp³-hybridized carbons (Fsp3) is 0.471. The predicted octanol–water partition coefficient (Wildman–Crippen LogP) is 0.876. The minimum atomic E-state index is -0.221. The Labute approximate surface area is 158 Å². The number of amides is 1. The van der Waals surface area contributed by atoms with Crippen molar-refractivity contribution in [1.29, 1.82) is 0 Å². The van der Waals surface area contributed by atoms with Gasteiger partial charge in [0.1, 0.15) is 5.82 Å². The van der Waals surface area contributed by atoms with Crippen molar-refractivity contribution in [3.05, 3.63) is 35.3 Å². The van der Waals surface area contributed by atoms with Gasteiger partial charge in [-0.2, -0.15) is 5.10 Å². The monoisotopic (exact) mass is 377 g/mol. The number of carbonyl (C=O) groups excluding carboxylic acids is 1. The van der Waals surface area contributed by atoms with Crippen LogP contribution < -0.4 is 15.5 Å². The molecule has 2 aromatic heterocycles. The molecule has 0 unspecified atom stereocenters. The van der Waals surface area contributed by atoms with E-state index in [1.54, 1.807) is 0 Å². The number of aromatic amines is 1. The van der Waals surface area contributed by atoms with Crippen LogP contribution in [-0.2, 0) is 13.0 Å². The van der Waals surface area contributed by atoms with Crippen molar-refractivity contribution in [3.8, 4) is 0 Å². The Hall–Kier alpha value is -2.16. The topological polar surface area (TPSA) is 89.2 Å². The standard InChI is InChI=1S/C17H23N7O.ClH/c1-23-6-8-24(9-7-23)12-2-3-15(19-10-12)20-17(25)16-13-11-18-5-4-14(13)21-22-16;/h2-3,10,18H,4-9,11H2,1H3,(H,21,22)(H,19,20,25);1H. The summed E-state index contributed by atoms with van der Waals surface area (Å²) >= 11 is 0. The number of carbonyl (C=O) groups is 1. The number of hydrogen-bond acceptors (Lipinski definition) is 6. The first-order valence-corrected chi connectivity index (χ1v) is 8.68. The number of pyridine rings is 1. The Bertz CT molecular complexity index is 753. The van der Waals surface area contributed by atoms with E-state index in [0.717, 1.165) is 56.1 Å². The smallest absolute Gasteiger partial charge is 0.277 e. The lowest BCUT2D eigenvalue weighted by molar-refractivity contribution is 0.102. The summed E-state index contributed by atoms with van der Waals surface area (Å²) in [6.45, 7) is 5.68. The zero-order valence-electron chi connectivity index (χ0n) is 14.8. The van der Waals surface area contributed by atoms with Crippen molar-refractivity contribution in [1.82, 2.24) is 25.4 Å². The number of nitrogens with zero attached hydrogens (tertiary/aromatic N) is 4. The fourth-order valence-corrected chi connectivity index (χ4v) is 3.30. The molecule has 140 valence electrons. The first-order chi connectivity index (χ1) is 12.2. The molecule has 1 fully saturated rings. The molecule has 0 aliphatic carbocycles. The summed E-state index contributed by atoms with van der Waals surface area (Å²) in [5.41, 5.74) is 3.54. The van der Waals surface area contributed by atoms with Gasteiger partial charge in [0.15, 0.2) is 5.69 Å². The number of fused-ring (bicyclic) bond motifs is 1. The van der Waals surface area contributed by atoms with E-state index in [9.17, 15) is 4.79 Å². The van der Waals surface area contributed by atoms with Crippen molar-refractivity contribution in [2.45, 2.75) is 13.0 Å². The Morgan fingerprint density at radius 3 is 2.77 bits per heavy atom. The zero-order valence-corrected chi connectivity index (χ0v) is 15.6. The van der Waals surface area contributed by atoms with E-state index in [1.165, 1.54) is 0 Å². The predicted molar refractivity (Wildman–Crippen MR) is 103 cm³/mol. The lowest BCUT2D eigenvalue weighted by atomic mass is 10.1. The highest BCUT2D eigenvalue weighted by Gasteiger charge is 2.22. The van der Waals surface area contributed by atoms with Gasteiger partial charge in [-0.05, 0) is 19.2 Å². The average molecular weight is 378 g/mol. The largest absolute Gasteiger partial charge is 0.368 e. The van der Waals surface area contributed by atoms with Crippen LogP contribution in [0.4, 0.5) is 11.5 Å². The number of nitrogens with one attached hydrogen (secondary N) is 3. The molecule has 0 bridgehead atoms. The van der Waals surface area contributed by atoms with Crippen LogP contribution >= 0.6 is 12.4 Å². The van der Waals surface area contributed by atoms with Crippen molar-refractivity contribution in [3.63, 3.8) is 0 Å². The normalized spacial score (nSPS) is 17.3. The van der Waals surface area contributed by atoms with Crippen LogP contribution in [0.25, 0.3) is 0 Å². The second-order valence-corrected chi connectivity index (χ2v) is 6.60. The van der Waals surface area contributed by atoms with Gasteiger partial charge in [0, 0.05) is 56.9 Å². The van der Waals surface area contributed by atoms with Crippen LogP contribution in [0.15, 0.2) is 18.3 Å². The average Bonchev–Trinajstić information content (AvgIpc) is 3.07. The van der Waals surface area contributed by atoms with Gasteiger partial charge in [-0.3, -0.25) is 9.89 Å². The summed E-state index contributed by atoms with van der Waals surface area (Å²) in [5, 5.41) is 13.3. The van der Waals surface area contributed by atoms with Crippen molar-refractivity contribution < 1.29 is 4.79 Å². The van der Waals surface area contributed by atoms with Crippen LogP contribution in [0.3, 0.4) is 0 Å². The number of halogens is 1. The van der Waals surface area contributed by atoms with E-state index in [2.05, 4.69) is 42.7 Å². The molecule has 8 nitrogen and oxygen atoms in total. The van der Waals surface area contributed by atoms with Crippen molar-refractivity contribution in [2.75, 3.05) is 50.0 Å². The highest BCUT2D eigenvalue weighted by Crippen LogP contribution is 2.19. The Balaban J connectivity index is 0.00000196. The summed E-state index contributed by atoms with van der Waals surface area (Å²) < 4.78 is 0. The molecular formula is C17H24ClN7O. The number of hydrogen-bond donors (Lipinski definition) is 3. The highest BCUT2D eigenvalue weighted by molar-refractivity contribution is 6.03. The SMILES string of the molecule is CN1CCN(c2ccc(NC(=O)c3n[nH]c4c3CNCC4)nc2)CC1.Cl. The molecule has 4 heterocycles. The molecule has 0 atom stereocenters. The third-order valence-electron chi connectivity index (χ3n) is 4.88. The van der Waals surface area contributed by atoms with E-state index >= 15 is 0 Å². The Kier molecular flexibility index (Phi) is 5.75. The lowest BCUT2D eigenvalue weighted by Gasteiger charge is -2.33. The highest BCUT2D eigenvalue weighted by atomic mass is 35.5. The summed E-state index contributed by atoms with van der Waals surface area (Å²) in [6.07, 6.45) is 2.69. The molecule has 4 rings (SSSR count). The molecule has 1 amide bonds. The van der Waals surface area contributed by atoms with E-state index in [1.807, 2.05) is 18.3 Å². The van der Waals surface area contributed by atoms with E-state index in [-0.39, 0.29) is 18.3 Å². The van der Waals surface area contributed by atoms with Crippen LogP contribution in [0, 0.1) is 0 Å². The quantitative estimate of drug-likeness (QED) is 0.735. The Morgan fingerprint density at radius 1 is 1.23 bits per heavy atom. The molecule has 2 aliphatic rings. The van der Waals surface area contributed by atoms with Gasteiger partial charge < -0.3 is 20.4 Å². The van der Waals surface area contributed by atoms with Crippen LogP contribution in [-0.4, -0.2) is 65.8 Å². The molecule has 0 aromatic carbocycles. The number of anilines is 2. The second-order valence-electron chi connectivity index (χ2n) is 6.60. The minimum Gasteiger partial charge on any atom is -0.368 e. The van der Waals surface area contributed by atoms with Gasteiger partial charge in [0.05, 0.1) is 11.9 Å². The van der Waals surface area contributed by atoms with Crippen LogP contribution in [0.1, 0.15) is 21.7 Å². The van der Waals surface area contributed by atoms with Gasteiger partial charge in [0.25, 0.3) is 5.91 Å². The summed E-state index contributed by atoms with van der Waals surface area (Å²) in [7, 11) is 2.14. The van der Waals surface area contributed by atoms with Gasteiger partial charge in [0.2, 0.25) is 0 Å². The fourth-order valence-electron chi connectivity index (χ4n) is 3.30. The lowest BCUT2D eigenvalue weighted by Crippen LogP contribution is -2.44. The van der Waals surface area contributed by atoms with Gasteiger partial charge >= 0.3 is 0 Å². The molecule has 26 heavy (non-hydrogen) atoms. The van der Waals surface area contributed by atoms with E-state index in [4.69, 9.17) is 0 Å². The molecule has 2 aliphatic heterocycles. The summed E-state index contributed by atoms with van der Waals surface area (Å²) in [4.78, 5) is 21.5. The number of piperazine rings is 1. The first kappa shape index (κ1) is 18.6. The number of H-pyrrole nitrogens is 1. The molecule has 2 aromatic rings. The Morgan fingerprint density at radius 2 is 2.04 bits per heavy atom. The first-order valence-electron chi connectivity index (χ1n) is 8.68. The van der Waals surface area contributed by atoms with E-state index in [0.29, 0.717) is 18.1 Å². The number of aromatic nitrogens is 3. The number of rotatable bonds is 3. The van der Waals surface area contributed by atoms with Gasteiger partial charge in [-0.1, -0.05) is 0 Å². The maximum absolute atomic E-state index is 12.5. The molecule has 1 saturated heterocycles. The maximum Gasteiger partial charge on any atom is 0.277 e. The molecule has 9 heteroatoms. The third-order valence-corrected chi connectivity index (χ3v) is 4.88. The van der Waals surface area contributed by atoms with Gasteiger partial charge in [-0.15, -0.1) is 12.4 Å². The van der Waals surface area contributed by atoms with Crippen molar-refractivity contribution >= 4 is 29.8 Å². The molecule has 0 spiro atoms. The second kappa shape index (κ2) is 8.03. The van der Waals surface area contributed by atoms with E-state index < -0.39 is 0 Å². The van der Waals surface area contributed by atoms with Crippen LogP contribution in [0.5, 0.6) is 0 Å². The van der Waals surface area contributed by atoms with Crippen molar-refractivity contribution in [2.24, 2.45) is 0 Å². The summed E-state index contributed by atoms with van der Waals surface area (Å²) in [5.74, 6) is 0.324. The summed E-state index contributed by atoms with van der Waals surface area (Å²) in [6, 6.07) is 3.86. The molecular weight excluding hydrogens is 354 g/mol. The zero-order chi connectivity index (χ0) is 17.2.